The van der Waals surface area contributed by atoms with Crippen molar-refractivity contribution in [2.75, 3.05) is 53.6 Å². The number of hydrogen-bond donors (Lipinski definition) is 3. The van der Waals surface area contributed by atoms with Crippen molar-refractivity contribution in [3.05, 3.63) is 35.2 Å². The second-order valence-electron chi connectivity index (χ2n) is 8.37. The fourth-order valence-corrected chi connectivity index (χ4v) is 4.17. The average Bonchev–Trinajstić information content (AvgIpc) is 3.13. The number of benzene rings is 1. The molecule has 0 radical (unpaired) electrons. The number of ether oxygens (including phenoxy) is 1. The Morgan fingerprint density at radius 3 is 2.63 bits per heavy atom. The molecule has 30 heavy (non-hydrogen) atoms. The van der Waals surface area contributed by atoms with Crippen LogP contribution in [-0.4, -0.2) is 70.5 Å². The summed E-state index contributed by atoms with van der Waals surface area (Å²) in [6.45, 7) is 9.34. The summed E-state index contributed by atoms with van der Waals surface area (Å²) in [6.07, 6.45) is 1.96. The van der Waals surface area contributed by atoms with E-state index >= 15 is 0 Å². The van der Waals surface area contributed by atoms with Crippen molar-refractivity contribution in [2.24, 2.45) is 5.92 Å². The molecule has 0 saturated carbocycles. The van der Waals surface area contributed by atoms with E-state index in [-0.39, 0.29) is 11.9 Å². The molecule has 1 aromatic carbocycles. The van der Waals surface area contributed by atoms with Gasteiger partial charge in [0.05, 0.1) is 24.3 Å². The van der Waals surface area contributed by atoms with Gasteiger partial charge in [0, 0.05) is 17.8 Å². The molecule has 2 rings (SSSR count). The third kappa shape index (κ3) is 9.53. The van der Waals surface area contributed by atoms with E-state index in [1.54, 1.807) is 0 Å². The second-order valence-corrected chi connectivity index (χ2v) is 9.45. The molecule has 0 aliphatic carbocycles. The van der Waals surface area contributed by atoms with E-state index in [0.29, 0.717) is 19.3 Å². The van der Waals surface area contributed by atoms with Crippen molar-refractivity contribution in [3.8, 4) is 0 Å². The Bertz CT molecular complexity index is 715. The van der Waals surface area contributed by atoms with Gasteiger partial charge in [-0.15, -0.1) is 11.3 Å². The van der Waals surface area contributed by atoms with E-state index in [0.717, 1.165) is 54.0 Å². The average molecular weight is 435 g/mol. The fraction of sp³-hybridized carbons (Fsp3) is 0.609. The molecule has 0 fully saturated rings. The van der Waals surface area contributed by atoms with Crippen molar-refractivity contribution < 1.29 is 9.53 Å². The Labute approximate surface area is 185 Å². The van der Waals surface area contributed by atoms with Crippen LogP contribution in [0.2, 0.25) is 0 Å². The predicted molar refractivity (Wildman–Crippen MR) is 127 cm³/mol. The topological polar surface area (TPSA) is 65.6 Å². The summed E-state index contributed by atoms with van der Waals surface area (Å²) in [6, 6.07) is 10.1. The molecule has 3 N–H and O–H groups in total. The molecule has 0 unspecified atom stereocenters. The number of nitrogens with one attached hydrogen (secondary N) is 3. The number of carbonyl (C=O) groups excluding carboxylic acids is 1. The zero-order chi connectivity index (χ0) is 21.8. The largest absolute Gasteiger partial charge is 0.364 e. The van der Waals surface area contributed by atoms with Crippen molar-refractivity contribution >= 4 is 27.3 Å². The lowest BCUT2D eigenvalue weighted by atomic mass is 10.0. The van der Waals surface area contributed by atoms with Gasteiger partial charge in [0.2, 0.25) is 0 Å². The maximum atomic E-state index is 12.7. The molecule has 0 aliphatic heterocycles. The van der Waals surface area contributed by atoms with Gasteiger partial charge in [-0.05, 0) is 63.5 Å². The smallest absolute Gasteiger partial charge is 0.261 e. The Morgan fingerprint density at radius 1 is 1.13 bits per heavy atom. The van der Waals surface area contributed by atoms with Gasteiger partial charge in [0.25, 0.3) is 5.91 Å². The highest BCUT2D eigenvalue weighted by Crippen LogP contribution is 2.25. The van der Waals surface area contributed by atoms with E-state index in [9.17, 15) is 4.79 Å². The SMILES string of the molecule is CC(C)C[C@@H](COCNCCCNCCN(C)C)NC(=O)c1cc2ccccc2s1. The second kappa shape index (κ2) is 13.7. The number of nitrogens with zero attached hydrogens (tertiary/aromatic N) is 1. The fourth-order valence-electron chi connectivity index (χ4n) is 3.20. The zero-order valence-corrected chi connectivity index (χ0v) is 19.7. The first-order chi connectivity index (χ1) is 14.5. The minimum Gasteiger partial charge on any atom is -0.364 e. The highest BCUT2D eigenvalue weighted by atomic mass is 32.1. The Balaban J connectivity index is 1.67. The number of carbonyl (C=O) groups is 1. The number of thiophene rings is 1. The van der Waals surface area contributed by atoms with E-state index < -0.39 is 0 Å². The minimum absolute atomic E-state index is 0.0113. The zero-order valence-electron chi connectivity index (χ0n) is 18.9. The molecule has 1 amide bonds. The third-order valence-electron chi connectivity index (χ3n) is 4.71. The number of rotatable bonds is 15. The molecule has 0 aliphatic rings. The summed E-state index contributed by atoms with van der Waals surface area (Å²) in [5, 5.41) is 11.0. The van der Waals surface area contributed by atoms with Gasteiger partial charge in [0.1, 0.15) is 0 Å². The van der Waals surface area contributed by atoms with E-state index in [1.807, 2.05) is 24.3 Å². The van der Waals surface area contributed by atoms with Gasteiger partial charge in [-0.25, -0.2) is 0 Å². The van der Waals surface area contributed by atoms with Crippen LogP contribution >= 0.6 is 11.3 Å². The van der Waals surface area contributed by atoms with Gasteiger partial charge >= 0.3 is 0 Å². The van der Waals surface area contributed by atoms with Crippen molar-refractivity contribution in [2.45, 2.75) is 32.7 Å². The molecule has 2 aromatic rings. The molecule has 1 atom stereocenters. The molecule has 1 heterocycles. The summed E-state index contributed by atoms with van der Waals surface area (Å²) in [4.78, 5) is 15.7. The molecular weight excluding hydrogens is 396 g/mol. The summed E-state index contributed by atoms with van der Waals surface area (Å²) in [5.41, 5.74) is 0. The van der Waals surface area contributed by atoms with Gasteiger partial charge < -0.3 is 20.3 Å². The first-order valence-corrected chi connectivity index (χ1v) is 11.7. The van der Waals surface area contributed by atoms with Crippen LogP contribution in [0.5, 0.6) is 0 Å². The van der Waals surface area contributed by atoms with Crippen LogP contribution in [0.15, 0.2) is 30.3 Å². The molecule has 7 heteroatoms. The molecule has 0 bridgehead atoms. The summed E-state index contributed by atoms with van der Waals surface area (Å²) < 4.78 is 6.94. The monoisotopic (exact) mass is 434 g/mol. The van der Waals surface area contributed by atoms with Crippen LogP contribution in [0.1, 0.15) is 36.4 Å². The van der Waals surface area contributed by atoms with Gasteiger partial charge in [-0.1, -0.05) is 32.0 Å². The maximum Gasteiger partial charge on any atom is 0.261 e. The quantitative estimate of drug-likeness (QED) is 0.297. The first kappa shape index (κ1) is 24.8. The number of fused-ring (bicyclic) bond motifs is 1. The molecule has 168 valence electrons. The predicted octanol–water partition coefficient (Wildman–Crippen LogP) is 3.15. The van der Waals surface area contributed by atoms with Crippen molar-refractivity contribution in [1.82, 2.24) is 20.9 Å². The third-order valence-corrected chi connectivity index (χ3v) is 5.82. The molecular formula is C23H38N4O2S. The summed E-state index contributed by atoms with van der Waals surface area (Å²) >= 11 is 1.54. The normalized spacial score (nSPS) is 12.7. The van der Waals surface area contributed by atoms with Crippen LogP contribution in [0.3, 0.4) is 0 Å². The lowest BCUT2D eigenvalue weighted by Crippen LogP contribution is -2.39. The Hall–Kier alpha value is -1.51. The number of likely N-dealkylation sites (N-methyl/N-ethyl adjacent to an activating group) is 1. The highest BCUT2D eigenvalue weighted by Gasteiger charge is 2.17. The summed E-state index contributed by atoms with van der Waals surface area (Å²) in [7, 11) is 4.16. The van der Waals surface area contributed by atoms with Crippen LogP contribution in [0, 0.1) is 5.92 Å². The van der Waals surface area contributed by atoms with E-state index in [1.165, 1.54) is 11.3 Å². The van der Waals surface area contributed by atoms with Gasteiger partial charge in [-0.3, -0.25) is 10.1 Å². The summed E-state index contributed by atoms with van der Waals surface area (Å²) in [5.74, 6) is 0.477. The van der Waals surface area contributed by atoms with Crippen molar-refractivity contribution in [3.63, 3.8) is 0 Å². The highest BCUT2D eigenvalue weighted by molar-refractivity contribution is 7.20. The van der Waals surface area contributed by atoms with Gasteiger partial charge in [-0.2, -0.15) is 0 Å². The molecule has 6 nitrogen and oxygen atoms in total. The number of hydrogen-bond acceptors (Lipinski definition) is 6. The number of amides is 1. The Kier molecular flexibility index (Phi) is 11.3. The van der Waals surface area contributed by atoms with Crippen LogP contribution in [0.25, 0.3) is 10.1 Å². The first-order valence-electron chi connectivity index (χ1n) is 10.9. The lowest BCUT2D eigenvalue weighted by Gasteiger charge is -2.20. The standard InChI is InChI=1S/C23H38N4O2S/c1-18(2)14-20(16-29-17-25-11-7-10-24-12-13-27(3)4)26-23(28)22-15-19-8-5-6-9-21(19)30-22/h5-6,8-9,15,18,20,24-25H,7,10-14,16-17H2,1-4H3,(H,26,28)/t20-/m0/s1. The van der Waals surface area contributed by atoms with Crippen LogP contribution in [-0.2, 0) is 4.74 Å². The maximum absolute atomic E-state index is 12.7. The van der Waals surface area contributed by atoms with E-state index in [4.69, 9.17) is 4.74 Å². The lowest BCUT2D eigenvalue weighted by molar-refractivity contribution is 0.0761. The molecule has 0 saturated heterocycles. The van der Waals surface area contributed by atoms with Crippen LogP contribution < -0.4 is 16.0 Å². The van der Waals surface area contributed by atoms with Crippen LogP contribution in [0.4, 0.5) is 0 Å². The van der Waals surface area contributed by atoms with Gasteiger partial charge in [0.15, 0.2) is 0 Å². The molecule has 1 aromatic heterocycles. The molecule has 0 spiro atoms. The van der Waals surface area contributed by atoms with E-state index in [2.05, 4.69) is 54.9 Å². The minimum atomic E-state index is -0.0118. The Morgan fingerprint density at radius 2 is 1.90 bits per heavy atom. The van der Waals surface area contributed by atoms with Crippen molar-refractivity contribution in [1.29, 1.82) is 0 Å².